The third-order valence-corrected chi connectivity index (χ3v) is 8.50. The number of carboxylic acids is 1. The van der Waals surface area contributed by atoms with E-state index in [1.54, 1.807) is 0 Å². The number of rotatable bonds is 15. The van der Waals surface area contributed by atoms with Crippen LogP contribution in [0.15, 0.2) is 12.2 Å². The average molecular weight is 523 g/mol. The van der Waals surface area contributed by atoms with E-state index in [0.29, 0.717) is 5.92 Å². The van der Waals surface area contributed by atoms with Gasteiger partial charge in [-0.15, -0.1) is 0 Å². The number of aliphatic carboxylic acids is 1. The molecule has 0 aromatic carbocycles. The van der Waals surface area contributed by atoms with Crippen LogP contribution in [0.25, 0.3) is 0 Å². The Morgan fingerprint density at radius 2 is 1.78 bits per heavy atom. The number of hydrogen-bond donors (Lipinski definition) is 1. The summed E-state index contributed by atoms with van der Waals surface area (Å²) in [4.78, 5) is 10.9. The lowest BCUT2D eigenvalue weighted by Gasteiger charge is -2.30. The van der Waals surface area contributed by atoms with E-state index in [1.165, 1.54) is 19.3 Å². The fourth-order valence-corrected chi connectivity index (χ4v) is 6.49. The largest absolute Gasteiger partial charge is 0.481 e. The van der Waals surface area contributed by atoms with Crippen LogP contribution in [0, 0.1) is 11.8 Å². The number of carboxylic acid groups (broad SMARTS) is 1. The van der Waals surface area contributed by atoms with Gasteiger partial charge in [0, 0.05) is 32.0 Å². The van der Waals surface area contributed by atoms with Gasteiger partial charge >= 0.3 is 5.97 Å². The second-order valence-electron chi connectivity index (χ2n) is 11.5. The quantitative estimate of drug-likeness (QED) is 0.197. The van der Waals surface area contributed by atoms with E-state index in [4.69, 9.17) is 28.8 Å². The molecule has 1 saturated carbocycles. The third-order valence-electron chi connectivity index (χ3n) is 8.50. The number of unbranched alkanes of at least 4 members (excludes halogenated alkanes) is 3. The van der Waals surface area contributed by atoms with Crippen molar-refractivity contribution in [3.05, 3.63) is 12.2 Å². The number of fused-ring (bicyclic) bond motifs is 1. The maximum Gasteiger partial charge on any atom is 0.303 e. The van der Waals surface area contributed by atoms with Crippen molar-refractivity contribution in [1.29, 1.82) is 0 Å². The molecule has 4 rings (SSSR count). The van der Waals surface area contributed by atoms with E-state index in [-0.39, 0.29) is 49.3 Å². The monoisotopic (exact) mass is 522 g/mol. The smallest absolute Gasteiger partial charge is 0.303 e. The Labute approximate surface area is 223 Å². The molecule has 4 fully saturated rings. The summed E-state index contributed by atoms with van der Waals surface area (Å²) in [5.74, 6) is -0.00528. The van der Waals surface area contributed by atoms with Crippen LogP contribution in [-0.2, 0) is 28.5 Å². The van der Waals surface area contributed by atoms with Gasteiger partial charge in [0.25, 0.3) is 0 Å². The third kappa shape index (κ3) is 9.31. The second-order valence-corrected chi connectivity index (χ2v) is 11.5. The fourth-order valence-electron chi connectivity index (χ4n) is 6.49. The molecule has 7 heteroatoms. The van der Waals surface area contributed by atoms with Crippen LogP contribution in [0.4, 0.5) is 0 Å². The van der Waals surface area contributed by atoms with Crippen LogP contribution in [0.1, 0.15) is 110 Å². The molecule has 0 aromatic heterocycles. The molecule has 0 radical (unpaired) electrons. The topological polar surface area (TPSA) is 83.5 Å². The Kier molecular flexibility index (Phi) is 12.2. The van der Waals surface area contributed by atoms with Crippen LogP contribution >= 0.6 is 0 Å². The summed E-state index contributed by atoms with van der Waals surface area (Å²) in [6, 6.07) is 0. The number of ether oxygens (including phenoxy) is 5. The van der Waals surface area contributed by atoms with Gasteiger partial charge in [-0.25, -0.2) is 0 Å². The van der Waals surface area contributed by atoms with Crippen molar-refractivity contribution in [1.82, 2.24) is 0 Å². The Bertz CT molecular complexity index is 685. The van der Waals surface area contributed by atoms with Gasteiger partial charge in [0.15, 0.2) is 12.6 Å². The lowest BCUT2D eigenvalue weighted by Crippen LogP contribution is -2.31. The van der Waals surface area contributed by atoms with Crippen molar-refractivity contribution < 1.29 is 33.6 Å². The zero-order chi connectivity index (χ0) is 25.9. The molecular formula is C30H50O7. The standard InChI is InChI=1S/C30H50O7/c1-2-3-4-11-22(36-29-14-7-9-18-33-29)16-17-24-25-20-23(12-5-6-13-28(31)32)35-27(25)21-26(24)37-30-15-8-10-19-34-30/h16-17,22-27,29-30H,2-15,18-21H2,1H3,(H,31,32)/b17-16+/t22-,23?,24+,25+,26+,27+,29?,30?/m0/s1. The molecule has 3 heterocycles. The SMILES string of the molecule is CCCCC[C@@H](/C=C/[C@@H]1[C@H]2CC(CCCCC(=O)O)O[C@@H]2C[C@H]1OC1CCCCO1)OC1CCCCO1. The van der Waals surface area contributed by atoms with Crippen LogP contribution < -0.4 is 0 Å². The zero-order valence-electron chi connectivity index (χ0n) is 22.9. The molecule has 3 saturated heterocycles. The molecule has 0 aromatic rings. The summed E-state index contributed by atoms with van der Waals surface area (Å²) < 4.78 is 31.3. The van der Waals surface area contributed by atoms with Crippen LogP contribution in [0.2, 0.25) is 0 Å². The van der Waals surface area contributed by atoms with Gasteiger partial charge in [-0.1, -0.05) is 44.8 Å². The van der Waals surface area contributed by atoms with Gasteiger partial charge in [0.1, 0.15) is 0 Å². The first-order chi connectivity index (χ1) is 18.1. The maximum absolute atomic E-state index is 10.9. The molecule has 8 atom stereocenters. The van der Waals surface area contributed by atoms with Crippen molar-refractivity contribution in [2.45, 2.75) is 147 Å². The molecule has 37 heavy (non-hydrogen) atoms. The Morgan fingerprint density at radius 3 is 2.49 bits per heavy atom. The van der Waals surface area contributed by atoms with Gasteiger partial charge in [-0.2, -0.15) is 0 Å². The average Bonchev–Trinajstić information content (AvgIpc) is 3.43. The van der Waals surface area contributed by atoms with E-state index in [2.05, 4.69) is 19.1 Å². The fraction of sp³-hybridized carbons (Fsp3) is 0.900. The highest BCUT2D eigenvalue weighted by atomic mass is 16.7. The Balaban J connectivity index is 1.39. The molecule has 4 aliphatic rings. The number of carbonyl (C=O) groups is 1. The summed E-state index contributed by atoms with van der Waals surface area (Å²) in [5.41, 5.74) is 0. The van der Waals surface area contributed by atoms with Crippen LogP contribution in [-0.4, -0.2) is 61.3 Å². The molecule has 0 bridgehead atoms. The summed E-state index contributed by atoms with van der Waals surface area (Å²) in [7, 11) is 0. The van der Waals surface area contributed by atoms with E-state index in [9.17, 15) is 4.79 Å². The van der Waals surface area contributed by atoms with Crippen LogP contribution in [0.5, 0.6) is 0 Å². The summed E-state index contributed by atoms with van der Waals surface area (Å²) >= 11 is 0. The highest BCUT2D eigenvalue weighted by Crippen LogP contribution is 2.47. The first kappa shape index (κ1) is 29.0. The first-order valence-corrected chi connectivity index (χ1v) is 15.2. The second kappa shape index (κ2) is 15.6. The van der Waals surface area contributed by atoms with E-state index < -0.39 is 5.97 Å². The minimum Gasteiger partial charge on any atom is -0.481 e. The lowest BCUT2D eigenvalue weighted by molar-refractivity contribution is -0.194. The molecule has 0 spiro atoms. The molecule has 1 N–H and O–H groups in total. The molecule has 3 aliphatic heterocycles. The molecular weight excluding hydrogens is 472 g/mol. The van der Waals surface area contributed by atoms with Gasteiger partial charge < -0.3 is 28.8 Å². The van der Waals surface area contributed by atoms with E-state index in [0.717, 1.165) is 90.3 Å². The Hall–Kier alpha value is -0.990. The predicted octanol–water partition coefficient (Wildman–Crippen LogP) is 6.39. The summed E-state index contributed by atoms with van der Waals surface area (Å²) in [6.07, 6.45) is 20.9. The van der Waals surface area contributed by atoms with Gasteiger partial charge in [0.2, 0.25) is 0 Å². The predicted molar refractivity (Wildman–Crippen MR) is 141 cm³/mol. The summed E-state index contributed by atoms with van der Waals surface area (Å²) in [6.45, 7) is 3.82. The molecule has 7 nitrogen and oxygen atoms in total. The van der Waals surface area contributed by atoms with Crippen molar-refractivity contribution >= 4 is 5.97 Å². The van der Waals surface area contributed by atoms with Gasteiger partial charge in [-0.05, 0) is 70.1 Å². The summed E-state index contributed by atoms with van der Waals surface area (Å²) in [5, 5.41) is 8.93. The highest BCUT2D eigenvalue weighted by molar-refractivity contribution is 5.66. The maximum atomic E-state index is 10.9. The minimum atomic E-state index is -0.714. The first-order valence-electron chi connectivity index (χ1n) is 15.2. The van der Waals surface area contributed by atoms with Gasteiger partial charge in [0.05, 0.1) is 24.4 Å². The highest BCUT2D eigenvalue weighted by Gasteiger charge is 2.49. The molecule has 3 unspecified atom stereocenters. The van der Waals surface area contributed by atoms with E-state index in [1.807, 2.05) is 0 Å². The van der Waals surface area contributed by atoms with Crippen molar-refractivity contribution in [3.8, 4) is 0 Å². The molecule has 0 amide bonds. The van der Waals surface area contributed by atoms with Gasteiger partial charge in [-0.3, -0.25) is 4.79 Å². The lowest BCUT2D eigenvalue weighted by atomic mass is 9.88. The number of hydrogen-bond acceptors (Lipinski definition) is 6. The van der Waals surface area contributed by atoms with Crippen LogP contribution in [0.3, 0.4) is 0 Å². The van der Waals surface area contributed by atoms with Crippen molar-refractivity contribution in [2.75, 3.05) is 13.2 Å². The molecule has 212 valence electrons. The normalized spacial score (nSPS) is 35.1. The van der Waals surface area contributed by atoms with Crippen molar-refractivity contribution in [2.24, 2.45) is 11.8 Å². The van der Waals surface area contributed by atoms with Crippen molar-refractivity contribution in [3.63, 3.8) is 0 Å². The minimum absolute atomic E-state index is 0.0643. The molecule has 1 aliphatic carbocycles. The Morgan fingerprint density at radius 1 is 1.00 bits per heavy atom. The van der Waals surface area contributed by atoms with E-state index >= 15 is 0 Å². The zero-order valence-corrected chi connectivity index (χ0v) is 22.9.